The molecule has 2 heterocycles. The molecule has 2 rings (SSSR count). The van der Waals surface area contributed by atoms with Gasteiger partial charge in [-0.2, -0.15) is 0 Å². The highest BCUT2D eigenvalue weighted by Crippen LogP contribution is 2.11. The van der Waals surface area contributed by atoms with Crippen molar-refractivity contribution < 1.29 is 5.11 Å². The number of β-amino-alcohol motifs (C(OH)–C–C–N with tert-alkyl or cyclic N) is 1. The number of hydrogen-bond donors (Lipinski definition) is 2. The first-order chi connectivity index (χ1) is 6.90. The van der Waals surface area contributed by atoms with E-state index in [9.17, 15) is 0 Å². The van der Waals surface area contributed by atoms with E-state index < -0.39 is 0 Å². The van der Waals surface area contributed by atoms with Gasteiger partial charge in [-0.3, -0.25) is 9.80 Å². The third kappa shape index (κ3) is 2.45. The van der Waals surface area contributed by atoms with Gasteiger partial charge in [-0.15, -0.1) is 0 Å². The fourth-order valence-corrected chi connectivity index (χ4v) is 2.44. The van der Waals surface area contributed by atoms with E-state index in [-0.39, 0.29) is 0 Å². The van der Waals surface area contributed by atoms with Gasteiger partial charge >= 0.3 is 0 Å². The van der Waals surface area contributed by atoms with Crippen molar-refractivity contribution in [1.82, 2.24) is 15.1 Å². The Morgan fingerprint density at radius 3 is 2.57 bits per heavy atom. The Labute approximate surface area is 85.9 Å². The summed E-state index contributed by atoms with van der Waals surface area (Å²) in [7, 11) is 0. The standard InChI is InChI=1S/C10H21N3O/c14-8-7-12-3-5-13(6-4-12)10-1-2-11-9-10/h10-11,14H,1-9H2. The summed E-state index contributed by atoms with van der Waals surface area (Å²) >= 11 is 0. The number of aliphatic hydroxyl groups excluding tert-OH is 1. The van der Waals surface area contributed by atoms with Crippen molar-refractivity contribution in [2.75, 3.05) is 52.4 Å². The highest BCUT2D eigenvalue weighted by molar-refractivity contribution is 4.84. The molecule has 2 saturated heterocycles. The molecule has 4 heteroatoms. The molecular formula is C10H21N3O. The van der Waals surface area contributed by atoms with Crippen LogP contribution in [0.5, 0.6) is 0 Å². The lowest BCUT2D eigenvalue weighted by Crippen LogP contribution is -2.51. The third-order valence-corrected chi connectivity index (χ3v) is 3.37. The Balaban J connectivity index is 1.72. The molecule has 0 saturated carbocycles. The maximum Gasteiger partial charge on any atom is 0.0558 e. The number of hydrogen-bond acceptors (Lipinski definition) is 4. The summed E-state index contributed by atoms with van der Waals surface area (Å²) in [4.78, 5) is 4.94. The van der Waals surface area contributed by atoms with Crippen LogP contribution in [0, 0.1) is 0 Å². The lowest BCUT2D eigenvalue weighted by atomic mass is 10.2. The van der Waals surface area contributed by atoms with Crippen molar-refractivity contribution in [2.24, 2.45) is 0 Å². The van der Waals surface area contributed by atoms with Gasteiger partial charge in [-0.25, -0.2) is 0 Å². The molecule has 2 N–H and O–H groups in total. The van der Waals surface area contributed by atoms with Crippen LogP contribution in [0.2, 0.25) is 0 Å². The minimum Gasteiger partial charge on any atom is -0.395 e. The second-order valence-corrected chi connectivity index (χ2v) is 4.25. The van der Waals surface area contributed by atoms with E-state index >= 15 is 0 Å². The molecule has 2 fully saturated rings. The second-order valence-electron chi connectivity index (χ2n) is 4.25. The molecule has 14 heavy (non-hydrogen) atoms. The summed E-state index contributed by atoms with van der Waals surface area (Å²) in [5.41, 5.74) is 0. The molecule has 0 aromatic rings. The van der Waals surface area contributed by atoms with Crippen LogP contribution >= 0.6 is 0 Å². The molecule has 2 aliphatic rings. The van der Waals surface area contributed by atoms with Crippen LogP contribution in [-0.4, -0.2) is 73.4 Å². The maximum atomic E-state index is 8.83. The summed E-state index contributed by atoms with van der Waals surface area (Å²) in [6.07, 6.45) is 1.31. The van der Waals surface area contributed by atoms with Gasteiger partial charge in [-0.1, -0.05) is 0 Å². The predicted octanol–water partition coefficient (Wildman–Crippen LogP) is -1.04. The van der Waals surface area contributed by atoms with Crippen LogP contribution in [0.3, 0.4) is 0 Å². The first-order valence-corrected chi connectivity index (χ1v) is 5.68. The zero-order valence-electron chi connectivity index (χ0n) is 8.78. The Bertz CT molecular complexity index is 163. The Kier molecular flexibility index (Phi) is 3.75. The maximum absolute atomic E-state index is 8.83. The second kappa shape index (κ2) is 5.07. The van der Waals surface area contributed by atoms with Gasteiger partial charge < -0.3 is 10.4 Å². The highest BCUT2D eigenvalue weighted by Gasteiger charge is 2.25. The van der Waals surface area contributed by atoms with Gasteiger partial charge in [0.15, 0.2) is 0 Å². The van der Waals surface area contributed by atoms with Crippen LogP contribution in [0.4, 0.5) is 0 Å². The van der Waals surface area contributed by atoms with Gasteiger partial charge in [0.05, 0.1) is 6.61 Å². The van der Waals surface area contributed by atoms with Crippen molar-refractivity contribution in [3.05, 3.63) is 0 Å². The molecule has 4 nitrogen and oxygen atoms in total. The van der Waals surface area contributed by atoms with Gasteiger partial charge in [0.2, 0.25) is 0 Å². The molecule has 0 spiro atoms. The van der Waals surface area contributed by atoms with E-state index in [1.165, 1.54) is 32.6 Å². The number of nitrogens with one attached hydrogen (secondary N) is 1. The molecule has 0 radical (unpaired) electrons. The minimum absolute atomic E-state index is 0.297. The Morgan fingerprint density at radius 1 is 1.21 bits per heavy atom. The SMILES string of the molecule is OCCN1CCN(C2CCNC2)CC1. The highest BCUT2D eigenvalue weighted by atomic mass is 16.3. The van der Waals surface area contributed by atoms with Crippen molar-refractivity contribution in [2.45, 2.75) is 12.5 Å². The summed E-state index contributed by atoms with van der Waals surface area (Å²) in [6.45, 7) is 8.08. The van der Waals surface area contributed by atoms with E-state index in [1.54, 1.807) is 0 Å². The monoisotopic (exact) mass is 199 g/mol. The molecule has 2 aliphatic heterocycles. The summed E-state index contributed by atoms with van der Waals surface area (Å²) < 4.78 is 0. The predicted molar refractivity (Wildman–Crippen MR) is 56.4 cm³/mol. The number of aliphatic hydroxyl groups is 1. The molecule has 0 bridgehead atoms. The number of nitrogens with zero attached hydrogens (tertiary/aromatic N) is 2. The van der Waals surface area contributed by atoms with Crippen molar-refractivity contribution in [3.63, 3.8) is 0 Å². The third-order valence-electron chi connectivity index (χ3n) is 3.37. The minimum atomic E-state index is 0.297. The molecule has 0 aromatic heterocycles. The summed E-state index contributed by atoms with van der Waals surface area (Å²) in [5, 5.41) is 12.2. The largest absolute Gasteiger partial charge is 0.395 e. The molecule has 82 valence electrons. The van der Waals surface area contributed by atoms with Crippen LogP contribution < -0.4 is 5.32 Å². The molecule has 0 aliphatic carbocycles. The average Bonchev–Trinajstić information content (AvgIpc) is 2.72. The van der Waals surface area contributed by atoms with E-state index in [2.05, 4.69) is 15.1 Å². The molecular weight excluding hydrogens is 178 g/mol. The summed E-state index contributed by atoms with van der Waals surface area (Å²) in [6, 6.07) is 0.770. The molecule has 1 unspecified atom stereocenters. The van der Waals surface area contributed by atoms with Crippen LogP contribution in [0.25, 0.3) is 0 Å². The smallest absolute Gasteiger partial charge is 0.0558 e. The van der Waals surface area contributed by atoms with Gasteiger partial charge in [-0.05, 0) is 13.0 Å². The van der Waals surface area contributed by atoms with Crippen molar-refractivity contribution >= 4 is 0 Å². The fourth-order valence-electron chi connectivity index (χ4n) is 2.44. The van der Waals surface area contributed by atoms with E-state index in [0.717, 1.165) is 25.7 Å². The molecule has 1 atom stereocenters. The number of piperazine rings is 1. The first kappa shape index (κ1) is 10.4. The molecule has 0 amide bonds. The van der Waals surface area contributed by atoms with Crippen LogP contribution in [-0.2, 0) is 0 Å². The van der Waals surface area contributed by atoms with Gasteiger partial charge in [0, 0.05) is 45.3 Å². The van der Waals surface area contributed by atoms with Gasteiger partial charge in [0.25, 0.3) is 0 Å². The lowest BCUT2D eigenvalue weighted by Gasteiger charge is -2.37. The lowest BCUT2D eigenvalue weighted by molar-refractivity contribution is 0.0891. The zero-order chi connectivity index (χ0) is 9.80. The Morgan fingerprint density at radius 2 is 2.00 bits per heavy atom. The van der Waals surface area contributed by atoms with E-state index in [1.807, 2.05) is 0 Å². The van der Waals surface area contributed by atoms with Crippen molar-refractivity contribution in [3.8, 4) is 0 Å². The summed E-state index contributed by atoms with van der Waals surface area (Å²) in [5.74, 6) is 0. The average molecular weight is 199 g/mol. The van der Waals surface area contributed by atoms with Crippen LogP contribution in [0.15, 0.2) is 0 Å². The van der Waals surface area contributed by atoms with Gasteiger partial charge in [0.1, 0.15) is 0 Å². The number of rotatable bonds is 3. The van der Waals surface area contributed by atoms with Crippen molar-refractivity contribution in [1.29, 1.82) is 0 Å². The zero-order valence-corrected chi connectivity index (χ0v) is 8.78. The van der Waals surface area contributed by atoms with E-state index in [0.29, 0.717) is 6.61 Å². The van der Waals surface area contributed by atoms with E-state index in [4.69, 9.17) is 5.11 Å². The quantitative estimate of drug-likeness (QED) is 0.609. The first-order valence-electron chi connectivity index (χ1n) is 5.68. The Hall–Kier alpha value is -0.160. The topological polar surface area (TPSA) is 38.7 Å². The van der Waals surface area contributed by atoms with Crippen LogP contribution in [0.1, 0.15) is 6.42 Å². The normalized spacial score (nSPS) is 31.1. The molecule has 0 aromatic carbocycles. The fraction of sp³-hybridized carbons (Fsp3) is 1.00.